The molecule has 0 aliphatic carbocycles. The van der Waals surface area contributed by atoms with Crippen molar-refractivity contribution in [1.82, 2.24) is 4.57 Å². The molecule has 0 spiro atoms. The normalized spacial score (nSPS) is 11.6. The molecule has 0 atom stereocenters. The van der Waals surface area contributed by atoms with Gasteiger partial charge in [0.1, 0.15) is 5.57 Å². The fourth-order valence-electron chi connectivity index (χ4n) is 2.85. The fraction of sp³-hybridized carbons (Fsp3) is 0.150. The molecule has 0 saturated carbocycles. The van der Waals surface area contributed by atoms with E-state index in [4.69, 9.17) is 21.1 Å². The highest BCUT2D eigenvalue weighted by Crippen LogP contribution is 2.25. The smallest absolute Gasteiger partial charge is 0.341 e. The van der Waals surface area contributed by atoms with E-state index < -0.39 is 5.97 Å². The van der Waals surface area contributed by atoms with E-state index in [-0.39, 0.29) is 0 Å². The minimum atomic E-state index is -0.435. The van der Waals surface area contributed by atoms with Crippen LogP contribution in [0.2, 0.25) is 5.02 Å². The molecule has 3 rings (SSSR count). The number of benzene rings is 2. The van der Waals surface area contributed by atoms with Crippen LogP contribution >= 0.6 is 11.6 Å². The number of hydrogen-bond donors (Lipinski definition) is 0. The van der Waals surface area contributed by atoms with Crippen LogP contribution in [-0.4, -0.2) is 24.8 Å². The van der Waals surface area contributed by atoms with Gasteiger partial charge in [0, 0.05) is 23.3 Å². The molecule has 4 nitrogen and oxygen atoms in total. The third kappa shape index (κ3) is 3.54. The zero-order valence-corrected chi connectivity index (χ0v) is 14.8. The second-order valence-electron chi connectivity index (χ2n) is 5.56. The standard InChI is InChI=1S/C20H18ClNO3/c1-24-13-18(20(23)25-2)17-6-4-3-5-15(17)12-22-10-9-14-7-8-16(21)11-19(14)22/h3-11,13H,12H2,1-2H3. The monoisotopic (exact) mass is 355 g/mol. The van der Waals surface area contributed by atoms with E-state index in [1.807, 2.05) is 54.7 Å². The summed E-state index contributed by atoms with van der Waals surface area (Å²) in [4.78, 5) is 12.1. The molecule has 0 fully saturated rings. The summed E-state index contributed by atoms with van der Waals surface area (Å²) in [5, 5.41) is 1.80. The highest BCUT2D eigenvalue weighted by Gasteiger charge is 2.17. The minimum Gasteiger partial charge on any atom is -0.503 e. The first kappa shape index (κ1) is 17.1. The molecule has 1 heterocycles. The summed E-state index contributed by atoms with van der Waals surface area (Å²) < 4.78 is 12.1. The largest absolute Gasteiger partial charge is 0.503 e. The molecule has 0 radical (unpaired) electrons. The third-order valence-corrected chi connectivity index (χ3v) is 4.26. The number of aromatic nitrogens is 1. The van der Waals surface area contributed by atoms with Crippen LogP contribution in [0.15, 0.2) is 61.0 Å². The van der Waals surface area contributed by atoms with Gasteiger partial charge in [-0.15, -0.1) is 0 Å². The maximum Gasteiger partial charge on any atom is 0.341 e. The molecule has 5 heteroatoms. The van der Waals surface area contributed by atoms with Crippen molar-refractivity contribution in [3.63, 3.8) is 0 Å². The van der Waals surface area contributed by atoms with Crippen LogP contribution in [0.4, 0.5) is 0 Å². The van der Waals surface area contributed by atoms with E-state index >= 15 is 0 Å². The highest BCUT2D eigenvalue weighted by molar-refractivity contribution is 6.31. The summed E-state index contributed by atoms with van der Waals surface area (Å²) in [5.41, 5.74) is 3.18. The molecule has 3 aromatic rings. The zero-order chi connectivity index (χ0) is 17.8. The van der Waals surface area contributed by atoms with Crippen LogP contribution in [0.5, 0.6) is 0 Å². The highest BCUT2D eigenvalue weighted by atomic mass is 35.5. The van der Waals surface area contributed by atoms with Crippen molar-refractivity contribution < 1.29 is 14.3 Å². The molecular weight excluding hydrogens is 338 g/mol. The molecule has 0 saturated heterocycles. The number of hydrogen-bond acceptors (Lipinski definition) is 3. The van der Waals surface area contributed by atoms with Crippen LogP contribution in [0.3, 0.4) is 0 Å². The van der Waals surface area contributed by atoms with Gasteiger partial charge < -0.3 is 14.0 Å². The van der Waals surface area contributed by atoms with Gasteiger partial charge in [0.25, 0.3) is 0 Å². The summed E-state index contributed by atoms with van der Waals surface area (Å²) in [6.07, 6.45) is 3.42. The molecule has 128 valence electrons. The number of halogens is 1. The van der Waals surface area contributed by atoms with Crippen molar-refractivity contribution in [3.8, 4) is 0 Å². The fourth-order valence-corrected chi connectivity index (χ4v) is 3.02. The predicted octanol–water partition coefficient (Wildman–Crippen LogP) is 4.50. The molecule has 0 aliphatic rings. The van der Waals surface area contributed by atoms with Gasteiger partial charge in [0.2, 0.25) is 0 Å². The number of methoxy groups -OCH3 is 2. The number of esters is 1. The Morgan fingerprint density at radius 3 is 2.72 bits per heavy atom. The maximum atomic E-state index is 12.1. The van der Waals surface area contributed by atoms with Gasteiger partial charge in [0.15, 0.2) is 0 Å². The van der Waals surface area contributed by atoms with E-state index in [0.29, 0.717) is 17.1 Å². The van der Waals surface area contributed by atoms with Crippen molar-refractivity contribution in [2.24, 2.45) is 0 Å². The summed E-state index contributed by atoms with van der Waals surface area (Å²) in [6.45, 7) is 0.595. The van der Waals surface area contributed by atoms with Crippen LogP contribution in [0.1, 0.15) is 11.1 Å². The first-order valence-electron chi connectivity index (χ1n) is 7.78. The Morgan fingerprint density at radius 2 is 1.96 bits per heavy atom. The quantitative estimate of drug-likeness (QED) is 0.384. The van der Waals surface area contributed by atoms with Crippen molar-refractivity contribution in [2.75, 3.05) is 14.2 Å². The first-order valence-corrected chi connectivity index (χ1v) is 8.16. The van der Waals surface area contributed by atoms with E-state index in [0.717, 1.165) is 22.0 Å². The maximum absolute atomic E-state index is 12.1. The molecule has 0 amide bonds. The lowest BCUT2D eigenvalue weighted by molar-refractivity contribution is -0.133. The minimum absolute atomic E-state index is 0.384. The van der Waals surface area contributed by atoms with Gasteiger partial charge in [-0.05, 0) is 34.7 Å². The second-order valence-corrected chi connectivity index (χ2v) is 6.00. The number of ether oxygens (including phenoxy) is 2. The molecular formula is C20H18ClNO3. The molecule has 0 unspecified atom stereocenters. The van der Waals surface area contributed by atoms with E-state index in [9.17, 15) is 4.79 Å². The first-order chi connectivity index (χ1) is 12.1. The Balaban J connectivity index is 2.05. The summed E-state index contributed by atoms with van der Waals surface area (Å²) in [5.74, 6) is -0.435. The van der Waals surface area contributed by atoms with Crippen molar-refractivity contribution in [2.45, 2.75) is 6.54 Å². The van der Waals surface area contributed by atoms with Gasteiger partial charge in [-0.2, -0.15) is 0 Å². The number of fused-ring (bicyclic) bond motifs is 1. The number of carbonyl (C=O) groups is 1. The SMILES string of the molecule is COC=C(C(=O)OC)c1ccccc1Cn1ccc2ccc(Cl)cc21. The predicted molar refractivity (Wildman–Crippen MR) is 99.5 cm³/mol. The van der Waals surface area contributed by atoms with Crippen molar-refractivity contribution in [1.29, 1.82) is 0 Å². The number of nitrogens with zero attached hydrogens (tertiary/aromatic N) is 1. The Kier molecular flexibility index (Phi) is 5.10. The van der Waals surface area contributed by atoms with Gasteiger partial charge in [-0.1, -0.05) is 41.9 Å². The molecule has 1 aromatic heterocycles. The van der Waals surface area contributed by atoms with Gasteiger partial charge in [-0.25, -0.2) is 4.79 Å². The Labute approximate surface area is 151 Å². The van der Waals surface area contributed by atoms with Crippen LogP contribution < -0.4 is 0 Å². The summed E-state index contributed by atoms with van der Waals surface area (Å²) >= 11 is 6.13. The zero-order valence-electron chi connectivity index (χ0n) is 14.0. The molecule has 25 heavy (non-hydrogen) atoms. The Bertz CT molecular complexity index is 943. The van der Waals surface area contributed by atoms with Gasteiger partial charge in [-0.3, -0.25) is 0 Å². The third-order valence-electron chi connectivity index (χ3n) is 4.03. The topological polar surface area (TPSA) is 40.5 Å². The summed E-state index contributed by atoms with van der Waals surface area (Å²) in [6, 6.07) is 15.5. The Morgan fingerprint density at radius 1 is 1.16 bits per heavy atom. The van der Waals surface area contributed by atoms with Crippen LogP contribution in [0.25, 0.3) is 16.5 Å². The Hall–Kier alpha value is -2.72. The molecule has 0 aliphatic heterocycles. The molecule has 2 aromatic carbocycles. The van der Waals surface area contributed by atoms with E-state index in [2.05, 4.69) is 4.57 Å². The molecule has 0 bridgehead atoms. The van der Waals surface area contributed by atoms with Crippen molar-refractivity contribution >= 4 is 34.0 Å². The molecule has 0 N–H and O–H groups in total. The average molecular weight is 356 g/mol. The summed E-state index contributed by atoms with van der Waals surface area (Å²) in [7, 11) is 2.86. The van der Waals surface area contributed by atoms with Gasteiger partial charge >= 0.3 is 5.97 Å². The lowest BCUT2D eigenvalue weighted by Crippen LogP contribution is -2.08. The number of rotatable bonds is 5. The van der Waals surface area contributed by atoms with Crippen molar-refractivity contribution in [3.05, 3.63) is 77.1 Å². The van der Waals surface area contributed by atoms with E-state index in [1.54, 1.807) is 0 Å². The van der Waals surface area contributed by atoms with Crippen LogP contribution in [-0.2, 0) is 20.8 Å². The van der Waals surface area contributed by atoms with Gasteiger partial charge in [0.05, 0.1) is 20.5 Å². The second kappa shape index (κ2) is 7.45. The average Bonchev–Trinajstić information content (AvgIpc) is 3.02. The number of carbonyl (C=O) groups excluding carboxylic acids is 1. The van der Waals surface area contributed by atoms with Crippen LogP contribution in [0, 0.1) is 0 Å². The lowest BCUT2D eigenvalue weighted by atomic mass is 10.0. The van der Waals surface area contributed by atoms with E-state index in [1.165, 1.54) is 20.5 Å². The lowest BCUT2D eigenvalue weighted by Gasteiger charge is -2.13.